The van der Waals surface area contributed by atoms with Crippen molar-refractivity contribution in [3.05, 3.63) is 65.7 Å². The molecule has 1 saturated carbocycles. The minimum atomic E-state index is 0.0414. The smallest absolute Gasteiger partial charge is 0.225 e. The van der Waals surface area contributed by atoms with Crippen LogP contribution in [-0.2, 0) is 21.5 Å². The van der Waals surface area contributed by atoms with Crippen LogP contribution in [0.2, 0.25) is 0 Å². The first-order valence-electron chi connectivity index (χ1n) is 11.9. The van der Waals surface area contributed by atoms with E-state index in [0.717, 1.165) is 56.6 Å². The van der Waals surface area contributed by atoms with Gasteiger partial charge in [0.05, 0.1) is 13.2 Å². The number of aliphatic imine (C=N–C) groups is 1. The molecular formula is C26H35N5O2. The van der Waals surface area contributed by atoms with E-state index in [2.05, 4.69) is 62.2 Å². The molecule has 0 spiro atoms. The third kappa shape index (κ3) is 6.79. The molecule has 3 N–H and O–H groups in total. The predicted octanol–water partition coefficient (Wildman–Crippen LogP) is 2.74. The standard InChI is InChI=1S/C26H35N5O2/c1-27-25(29-20-26(11-12-26)22-7-3-2-4-8-22)28-19-21-6-5-9-23(18-21)30-24(32)10-13-31-14-16-33-17-15-31/h2-9,18H,10-17,19-20H2,1H3,(H,30,32)(H2,27,28,29). The van der Waals surface area contributed by atoms with Crippen LogP contribution in [0.25, 0.3) is 0 Å². The van der Waals surface area contributed by atoms with Gasteiger partial charge in [0.1, 0.15) is 0 Å². The molecule has 0 atom stereocenters. The molecule has 2 aromatic rings. The van der Waals surface area contributed by atoms with Gasteiger partial charge in [-0.25, -0.2) is 0 Å². The van der Waals surface area contributed by atoms with Crippen molar-refractivity contribution in [2.75, 3.05) is 51.8 Å². The Balaban J connectivity index is 1.22. The molecule has 0 aromatic heterocycles. The van der Waals surface area contributed by atoms with Gasteiger partial charge in [0, 0.05) is 57.3 Å². The number of benzene rings is 2. The lowest BCUT2D eigenvalue weighted by Gasteiger charge is -2.26. The van der Waals surface area contributed by atoms with Crippen LogP contribution in [0, 0.1) is 0 Å². The van der Waals surface area contributed by atoms with E-state index in [9.17, 15) is 4.79 Å². The average molecular weight is 450 g/mol. The van der Waals surface area contributed by atoms with E-state index in [1.807, 2.05) is 18.2 Å². The fourth-order valence-electron chi connectivity index (χ4n) is 4.24. The highest BCUT2D eigenvalue weighted by Crippen LogP contribution is 2.47. The zero-order valence-corrected chi connectivity index (χ0v) is 19.5. The number of carbonyl (C=O) groups is 1. The molecule has 1 aliphatic heterocycles. The Kier molecular flexibility index (Phi) is 7.96. The van der Waals surface area contributed by atoms with Gasteiger partial charge in [-0.15, -0.1) is 0 Å². The maximum absolute atomic E-state index is 12.4. The van der Waals surface area contributed by atoms with Gasteiger partial charge in [0.2, 0.25) is 5.91 Å². The molecule has 0 unspecified atom stereocenters. The van der Waals surface area contributed by atoms with Gasteiger partial charge in [0.25, 0.3) is 0 Å². The van der Waals surface area contributed by atoms with Crippen LogP contribution in [0.15, 0.2) is 59.6 Å². The average Bonchev–Trinajstić information content (AvgIpc) is 3.65. The molecule has 1 saturated heterocycles. The third-order valence-electron chi connectivity index (χ3n) is 6.49. The Morgan fingerprint density at radius 3 is 2.58 bits per heavy atom. The van der Waals surface area contributed by atoms with Crippen molar-refractivity contribution < 1.29 is 9.53 Å². The second-order valence-electron chi connectivity index (χ2n) is 8.88. The Morgan fingerprint density at radius 1 is 1.06 bits per heavy atom. The van der Waals surface area contributed by atoms with Crippen molar-refractivity contribution in [2.24, 2.45) is 4.99 Å². The molecule has 1 aliphatic carbocycles. The largest absolute Gasteiger partial charge is 0.379 e. The number of morpholine rings is 1. The van der Waals surface area contributed by atoms with Crippen LogP contribution in [0.5, 0.6) is 0 Å². The molecule has 176 valence electrons. The van der Waals surface area contributed by atoms with E-state index in [1.165, 1.54) is 18.4 Å². The Morgan fingerprint density at radius 2 is 1.85 bits per heavy atom. The number of nitrogens with zero attached hydrogens (tertiary/aromatic N) is 2. The summed E-state index contributed by atoms with van der Waals surface area (Å²) in [5.41, 5.74) is 3.54. The summed E-state index contributed by atoms with van der Waals surface area (Å²) in [6, 6.07) is 18.7. The normalized spacial score (nSPS) is 17.9. The van der Waals surface area contributed by atoms with Crippen LogP contribution in [-0.4, -0.2) is 63.2 Å². The monoisotopic (exact) mass is 449 g/mol. The highest BCUT2D eigenvalue weighted by atomic mass is 16.5. The van der Waals surface area contributed by atoms with E-state index in [0.29, 0.717) is 13.0 Å². The fourth-order valence-corrected chi connectivity index (χ4v) is 4.24. The van der Waals surface area contributed by atoms with Crippen LogP contribution >= 0.6 is 0 Å². The predicted molar refractivity (Wildman–Crippen MR) is 133 cm³/mol. The zero-order valence-electron chi connectivity index (χ0n) is 19.5. The summed E-state index contributed by atoms with van der Waals surface area (Å²) >= 11 is 0. The maximum Gasteiger partial charge on any atom is 0.225 e. The second kappa shape index (κ2) is 11.3. The SMILES string of the molecule is CN=C(NCc1cccc(NC(=O)CCN2CCOCC2)c1)NCC1(c2ccccc2)CC1. The van der Waals surface area contributed by atoms with Gasteiger partial charge in [-0.2, -0.15) is 0 Å². The van der Waals surface area contributed by atoms with Gasteiger partial charge >= 0.3 is 0 Å². The van der Waals surface area contributed by atoms with Crippen LogP contribution in [0.3, 0.4) is 0 Å². The first-order valence-corrected chi connectivity index (χ1v) is 11.9. The van der Waals surface area contributed by atoms with Crippen molar-refractivity contribution in [3.63, 3.8) is 0 Å². The topological polar surface area (TPSA) is 78.0 Å². The molecule has 2 fully saturated rings. The van der Waals surface area contributed by atoms with E-state index in [4.69, 9.17) is 4.74 Å². The molecule has 7 heteroatoms. The number of carbonyl (C=O) groups excluding carboxylic acids is 1. The summed E-state index contributed by atoms with van der Waals surface area (Å²) < 4.78 is 5.36. The first-order chi connectivity index (χ1) is 16.2. The molecule has 1 heterocycles. The Hall–Kier alpha value is -2.90. The Bertz CT molecular complexity index is 937. The van der Waals surface area contributed by atoms with E-state index in [1.54, 1.807) is 7.05 Å². The second-order valence-corrected chi connectivity index (χ2v) is 8.88. The minimum Gasteiger partial charge on any atom is -0.379 e. The highest BCUT2D eigenvalue weighted by molar-refractivity contribution is 5.90. The number of hydrogen-bond donors (Lipinski definition) is 3. The fraction of sp³-hybridized carbons (Fsp3) is 0.462. The van der Waals surface area contributed by atoms with Gasteiger partial charge in [-0.05, 0) is 36.1 Å². The molecule has 2 aliphatic rings. The Labute approximate surface area is 196 Å². The van der Waals surface area contributed by atoms with E-state index >= 15 is 0 Å². The number of anilines is 1. The van der Waals surface area contributed by atoms with Crippen molar-refractivity contribution in [3.8, 4) is 0 Å². The minimum absolute atomic E-state index is 0.0414. The summed E-state index contributed by atoms with van der Waals surface area (Å²) in [4.78, 5) is 19.0. The quantitative estimate of drug-likeness (QED) is 0.405. The van der Waals surface area contributed by atoms with Gasteiger partial charge < -0.3 is 20.7 Å². The van der Waals surface area contributed by atoms with Crippen LogP contribution < -0.4 is 16.0 Å². The van der Waals surface area contributed by atoms with Gasteiger partial charge in [0.15, 0.2) is 5.96 Å². The zero-order chi connectivity index (χ0) is 22.9. The lowest BCUT2D eigenvalue weighted by Crippen LogP contribution is -2.40. The van der Waals surface area contributed by atoms with E-state index in [-0.39, 0.29) is 11.3 Å². The molecular weight excluding hydrogens is 414 g/mol. The molecule has 7 nitrogen and oxygen atoms in total. The third-order valence-corrected chi connectivity index (χ3v) is 6.49. The summed E-state index contributed by atoms with van der Waals surface area (Å²) in [6.07, 6.45) is 2.89. The van der Waals surface area contributed by atoms with Crippen molar-refractivity contribution >= 4 is 17.6 Å². The molecule has 33 heavy (non-hydrogen) atoms. The van der Waals surface area contributed by atoms with Gasteiger partial charge in [-0.3, -0.25) is 14.7 Å². The van der Waals surface area contributed by atoms with Crippen molar-refractivity contribution in [2.45, 2.75) is 31.2 Å². The lowest BCUT2D eigenvalue weighted by atomic mass is 9.96. The summed E-state index contributed by atoms with van der Waals surface area (Å²) in [6.45, 7) is 5.57. The number of amides is 1. The number of rotatable bonds is 9. The number of ether oxygens (including phenoxy) is 1. The number of nitrogens with one attached hydrogen (secondary N) is 3. The molecule has 1 amide bonds. The first kappa shape index (κ1) is 23.3. The maximum atomic E-state index is 12.4. The summed E-state index contributed by atoms with van der Waals surface area (Å²) in [5, 5.41) is 9.91. The molecule has 4 rings (SSSR count). The number of hydrogen-bond acceptors (Lipinski definition) is 4. The van der Waals surface area contributed by atoms with Crippen molar-refractivity contribution in [1.29, 1.82) is 0 Å². The van der Waals surface area contributed by atoms with Crippen LogP contribution in [0.1, 0.15) is 30.4 Å². The molecule has 2 aromatic carbocycles. The lowest BCUT2D eigenvalue weighted by molar-refractivity contribution is -0.116. The summed E-state index contributed by atoms with van der Waals surface area (Å²) in [5.74, 6) is 0.830. The summed E-state index contributed by atoms with van der Waals surface area (Å²) in [7, 11) is 1.79. The highest BCUT2D eigenvalue weighted by Gasteiger charge is 2.43. The van der Waals surface area contributed by atoms with Crippen molar-refractivity contribution in [1.82, 2.24) is 15.5 Å². The van der Waals surface area contributed by atoms with Gasteiger partial charge in [-0.1, -0.05) is 42.5 Å². The molecule has 0 radical (unpaired) electrons. The van der Waals surface area contributed by atoms with Crippen LogP contribution in [0.4, 0.5) is 5.69 Å². The number of guanidine groups is 1. The van der Waals surface area contributed by atoms with E-state index < -0.39 is 0 Å². The molecule has 0 bridgehead atoms.